The first kappa shape index (κ1) is 16.3. The third kappa shape index (κ3) is 4.44. The van der Waals surface area contributed by atoms with Crippen molar-refractivity contribution >= 4 is 5.91 Å². The van der Waals surface area contributed by atoms with E-state index in [1.165, 1.54) is 7.11 Å². The van der Waals surface area contributed by atoms with E-state index in [1.54, 1.807) is 25.3 Å². The average Bonchev–Trinajstić information content (AvgIpc) is 2.43. The zero-order valence-corrected chi connectivity index (χ0v) is 13.0. The van der Waals surface area contributed by atoms with Crippen molar-refractivity contribution in [1.29, 1.82) is 0 Å². The van der Waals surface area contributed by atoms with Gasteiger partial charge in [0.1, 0.15) is 0 Å². The highest BCUT2D eigenvalue weighted by Gasteiger charge is 2.17. The zero-order chi connectivity index (χ0) is 15.1. The van der Waals surface area contributed by atoms with Crippen molar-refractivity contribution in [3.63, 3.8) is 0 Å². The van der Waals surface area contributed by atoms with Crippen LogP contribution in [0.25, 0.3) is 0 Å². The van der Waals surface area contributed by atoms with E-state index >= 15 is 0 Å². The smallest absolute Gasteiger partial charge is 0.255 e. The van der Waals surface area contributed by atoms with E-state index in [0.29, 0.717) is 23.0 Å². The molecule has 0 fully saturated rings. The predicted octanol–water partition coefficient (Wildman–Crippen LogP) is 3.26. The molecule has 0 heterocycles. The largest absolute Gasteiger partial charge is 0.493 e. The van der Waals surface area contributed by atoms with Crippen molar-refractivity contribution in [3.05, 3.63) is 23.8 Å². The average molecular weight is 279 g/mol. The fraction of sp³-hybridized carbons (Fsp3) is 0.562. The highest BCUT2D eigenvalue weighted by atomic mass is 16.5. The minimum atomic E-state index is -0.128. The Kier molecular flexibility index (Phi) is 6.36. The maximum Gasteiger partial charge on any atom is 0.255 e. The van der Waals surface area contributed by atoms with Crippen molar-refractivity contribution in [2.24, 2.45) is 5.92 Å². The number of carbonyl (C=O) groups excluding carboxylic acids is 1. The van der Waals surface area contributed by atoms with Crippen LogP contribution in [0.2, 0.25) is 0 Å². The highest BCUT2D eigenvalue weighted by molar-refractivity contribution is 5.97. The van der Waals surface area contributed by atoms with Gasteiger partial charge in [-0.15, -0.1) is 0 Å². The third-order valence-corrected chi connectivity index (χ3v) is 3.20. The molecule has 0 spiro atoms. The van der Waals surface area contributed by atoms with Crippen LogP contribution < -0.4 is 14.8 Å². The maximum atomic E-state index is 12.3. The Hall–Kier alpha value is -1.71. The Bertz CT molecular complexity index is 443. The number of hydrogen-bond acceptors (Lipinski definition) is 3. The Morgan fingerprint density at radius 2 is 1.85 bits per heavy atom. The van der Waals surface area contributed by atoms with Gasteiger partial charge in [-0.3, -0.25) is 4.79 Å². The Morgan fingerprint density at radius 1 is 1.15 bits per heavy atom. The number of rotatable bonds is 7. The molecule has 1 aromatic rings. The number of carbonyl (C=O) groups is 1. The second kappa shape index (κ2) is 7.78. The fourth-order valence-corrected chi connectivity index (χ4v) is 2.02. The van der Waals surface area contributed by atoms with Gasteiger partial charge >= 0.3 is 0 Å². The summed E-state index contributed by atoms with van der Waals surface area (Å²) in [6.45, 7) is 6.38. The van der Waals surface area contributed by atoms with Crippen LogP contribution in [-0.2, 0) is 0 Å². The highest BCUT2D eigenvalue weighted by Crippen LogP contribution is 2.30. The molecule has 0 bridgehead atoms. The Morgan fingerprint density at radius 3 is 2.40 bits per heavy atom. The molecule has 1 amide bonds. The van der Waals surface area contributed by atoms with Crippen LogP contribution in [0.3, 0.4) is 0 Å². The molecule has 0 aromatic heterocycles. The number of benzene rings is 1. The molecule has 20 heavy (non-hydrogen) atoms. The van der Waals surface area contributed by atoms with Gasteiger partial charge in [-0.1, -0.05) is 19.9 Å². The number of para-hydroxylation sites is 1. The van der Waals surface area contributed by atoms with Gasteiger partial charge in [0, 0.05) is 6.04 Å². The van der Waals surface area contributed by atoms with Crippen LogP contribution in [0.4, 0.5) is 0 Å². The molecular formula is C16H25NO3. The molecule has 0 radical (unpaired) electrons. The number of methoxy groups -OCH3 is 2. The summed E-state index contributed by atoms with van der Waals surface area (Å²) in [5.74, 6) is 1.55. The first-order valence-corrected chi connectivity index (χ1v) is 7.01. The summed E-state index contributed by atoms with van der Waals surface area (Å²) in [5, 5.41) is 3.00. The van der Waals surface area contributed by atoms with E-state index in [1.807, 2.05) is 6.92 Å². The molecule has 112 valence electrons. The monoisotopic (exact) mass is 279 g/mol. The fourth-order valence-electron chi connectivity index (χ4n) is 2.02. The van der Waals surface area contributed by atoms with Gasteiger partial charge in [-0.25, -0.2) is 0 Å². The van der Waals surface area contributed by atoms with E-state index in [4.69, 9.17) is 9.47 Å². The second-order valence-electron chi connectivity index (χ2n) is 5.39. The third-order valence-electron chi connectivity index (χ3n) is 3.20. The van der Waals surface area contributed by atoms with E-state index in [9.17, 15) is 4.79 Å². The minimum absolute atomic E-state index is 0.128. The lowest BCUT2D eigenvalue weighted by Crippen LogP contribution is -2.33. The number of hydrogen-bond donors (Lipinski definition) is 1. The molecule has 1 unspecified atom stereocenters. The molecule has 0 aliphatic heterocycles. The van der Waals surface area contributed by atoms with Gasteiger partial charge in [-0.2, -0.15) is 0 Å². The molecule has 0 aliphatic carbocycles. The molecule has 1 N–H and O–H groups in total. The van der Waals surface area contributed by atoms with E-state index in [0.717, 1.165) is 12.8 Å². The lowest BCUT2D eigenvalue weighted by molar-refractivity contribution is 0.0933. The normalized spacial score (nSPS) is 12.1. The summed E-state index contributed by atoms with van der Waals surface area (Å²) in [6.07, 6.45) is 2.06. The van der Waals surface area contributed by atoms with Crippen LogP contribution in [0, 0.1) is 5.92 Å². The Balaban J connectivity index is 2.77. The van der Waals surface area contributed by atoms with E-state index in [2.05, 4.69) is 19.2 Å². The van der Waals surface area contributed by atoms with Crippen molar-refractivity contribution < 1.29 is 14.3 Å². The quantitative estimate of drug-likeness (QED) is 0.833. The van der Waals surface area contributed by atoms with Crippen molar-refractivity contribution in [2.45, 2.75) is 39.7 Å². The van der Waals surface area contributed by atoms with Crippen molar-refractivity contribution in [3.8, 4) is 11.5 Å². The molecular weight excluding hydrogens is 254 g/mol. The number of amides is 1. The zero-order valence-electron chi connectivity index (χ0n) is 13.0. The molecule has 0 aliphatic rings. The SMILES string of the molecule is COc1cccc(C(=O)NC(C)CCC(C)C)c1OC. The minimum Gasteiger partial charge on any atom is -0.493 e. The predicted molar refractivity (Wildman–Crippen MR) is 80.5 cm³/mol. The van der Waals surface area contributed by atoms with Gasteiger partial charge in [0.05, 0.1) is 19.8 Å². The molecule has 0 saturated heterocycles. The van der Waals surface area contributed by atoms with Gasteiger partial charge in [0.25, 0.3) is 5.91 Å². The van der Waals surface area contributed by atoms with Gasteiger partial charge in [0.15, 0.2) is 11.5 Å². The van der Waals surface area contributed by atoms with Crippen LogP contribution >= 0.6 is 0 Å². The van der Waals surface area contributed by atoms with Crippen LogP contribution in [0.1, 0.15) is 44.0 Å². The van der Waals surface area contributed by atoms with E-state index < -0.39 is 0 Å². The van der Waals surface area contributed by atoms with Gasteiger partial charge < -0.3 is 14.8 Å². The van der Waals surface area contributed by atoms with E-state index in [-0.39, 0.29) is 11.9 Å². The van der Waals surface area contributed by atoms with Crippen LogP contribution in [0.15, 0.2) is 18.2 Å². The van der Waals surface area contributed by atoms with Crippen molar-refractivity contribution in [2.75, 3.05) is 14.2 Å². The second-order valence-corrected chi connectivity index (χ2v) is 5.39. The number of nitrogens with one attached hydrogen (secondary N) is 1. The molecule has 0 saturated carbocycles. The molecule has 1 atom stereocenters. The summed E-state index contributed by atoms with van der Waals surface area (Å²) < 4.78 is 10.5. The molecule has 4 nitrogen and oxygen atoms in total. The first-order chi connectivity index (χ1) is 9.49. The summed E-state index contributed by atoms with van der Waals surface area (Å²) >= 11 is 0. The lowest BCUT2D eigenvalue weighted by Gasteiger charge is -2.17. The summed E-state index contributed by atoms with van der Waals surface area (Å²) in [6, 6.07) is 5.44. The lowest BCUT2D eigenvalue weighted by atomic mass is 10.0. The first-order valence-electron chi connectivity index (χ1n) is 7.01. The van der Waals surface area contributed by atoms with Crippen molar-refractivity contribution in [1.82, 2.24) is 5.32 Å². The molecule has 1 aromatic carbocycles. The topological polar surface area (TPSA) is 47.6 Å². The number of ether oxygens (including phenoxy) is 2. The summed E-state index contributed by atoms with van der Waals surface area (Å²) in [4.78, 5) is 12.3. The van der Waals surface area contributed by atoms with Crippen LogP contribution in [-0.4, -0.2) is 26.2 Å². The Labute approximate surface area is 121 Å². The van der Waals surface area contributed by atoms with Gasteiger partial charge in [-0.05, 0) is 37.8 Å². The maximum absolute atomic E-state index is 12.3. The van der Waals surface area contributed by atoms with Gasteiger partial charge in [0.2, 0.25) is 0 Å². The summed E-state index contributed by atoms with van der Waals surface area (Å²) in [5.41, 5.74) is 0.503. The molecule has 4 heteroatoms. The van der Waals surface area contributed by atoms with Crippen LogP contribution in [0.5, 0.6) is 11.5 Å². The standard InChI is InChI=1S/C16H25NO3/c1-11(2)9-10-12(3)17-16(18)13-7-6-8-14(19-4)15(13)20-5/h6-8,11-12H,9-10H2,1-5H3,(H,17,18). The summed E-state index contributed by atoms with van der Waals surface area (Å²) in [7, 11) is 3.10. The molecule has 1 rings (SSSR count).